The van der Waals surface area contributed by atoms with Gasteiger partial charge in [0.2, 0.25) is 0 Å². The Morgan fingerprint density at radius 3 is 2.84 bits per heavy atom. The largest absolute Gasteiger partial charge is 0.364 e. The van der Waals surface area contributed by atoms with E-state index in [1.807, 2.05) is 20.2 Å². The van der Waals surface area contributed by atoms with Crippen molar-refractivity contribution in [2.24, 2.45) is 7.05 Å². The standard InChI is InChI=1S/C13H19ClN4O/c1-5-11-10(13(14)18(4)15-11)8-17(3)9(2)12-6-7-19-16-12/h6-7,9H,5,8H2,1-4H3/t9-/m1/s1. The smallest absolute Gasteiger partial charge is 0.131 e. The van der Waals surface area contributed by atoms with Gasteiger partial charge in [0, 0.05) is 25.2 Å². The van der Waals surface area contributed by atoms with Crippen LogP contribution in [0.25, 0.3) is 0 Å². The predicted molar refractivity (Wildman–Crippen MR) is 74.0 cm³/mol. The lowest BCUT2D eigenvalue weighted by atomic mass is 10.1. The van der Waals surface area contributed by atoms with E-state index in [0.717, 1.165) is 29.9 Å². The first kappa shape index (κ1) is 14.1. The molecule has 0 aliphatic heterocycles. The minimum Gasteiger partial charge on any atom is -0.364 e. The lowest BCUT2D eigenvalue weighted by Gasteiger charge is -2.22. The third-order valence-corrected chi connectivity index (χ3v) is 3.91. The first-order valence-corrected chi connectivity index (χ1v) is 6.73. The number of aromatic nitrogens is 3. The molecule has 0 amide bonds. The van der Waals surface area contributed by atoms with Gasteiger partial charge in [-0.2, -0.15) is 5.10 Å². The maximum Gasteiger partial charge on any atom is 0.131 e. The summed E-state index contributed by atoms with van der Waals surface area (Å²) < 4.78 is 6.62. The van der Waals surface area contributed by atoms with Crippen LogP contribution >= 0.6 is 11.6 Å². The maximum absolute atomic E-state index is 6.31. The molecule has 6 heteroatoms. The van der Waals surface area contributed by atoms with E-state index in [4.69, 9.17) is 16.1 Å². The molecular formula is C13H19ClN4O. The molecule has 2 heterocycles. The summed E-state index contributed by atoms with van der Waals surface area (Å²) in [5.41, 5.74) is 3.05. The first-order chi connectivity index (χ1) is 9.04. The van der Waals surface area contributed by atoms with E-state index in [2.05, 4.69) is 29.0 Å². The number of aryl methyl sites for hydroxylation is 2. The van der Waals surface area contributed by atoms with Crippen LogP contribution in [0.5, 0.6) is 0 Å². The second kappa shape index (κ2) is 5.75. The fraction of sp³-hybridized carbons (Fsp3) is 0.538. The van der Waals surface area contributed by atoms with Gasteiger partial charge in [-0.05, 0) is 20.4 Å². The minimum absolute atomic E-state index is 0.166. The molecule has 1 atom stereocenters. The van der Waals surface area contributed by atoms with Gasteiger partial charge >= 0.3 is 0 Å². The Balaban J connectivity index is 2.17. The van der Waals surface area contributed by atoms with Gasteiger partial charge in [0.1, 0.15) is 17.1 Å². The van der Waals surface area contributed by atoms with E-state index in [-0.39, 0.29) is 6.04 Å². The molecule has 0 aliphatic carbocycles. The molecule has 0 radical (unpaired) electrons. The van der Waals surface area contributed by atoms with Crippen molar-refractivity contribution in [3.8, 4) is 0 Å². The van der Waals surface area contributed by atoms with Crippen LogP contribution in [0, 0.1) is 0 Å². The lowest BCUT2D eigenvalue weighted by Crippen LogP contribution is -2.22. The van der Waals surface area contributed by atoms with Crippen molar-refractivity contribution in [2.75, 3.05) is 7.05 Å². The molecule has 2 aromatic rings. The molecule has 2 rings (SSSR count). The van der Waals surface area contributed by atoms with Crippen molar-refractivity contribution in [1.82, 2.24) is 19.8 Å². The van der Waals surface area contributed by atoms with Crippen LogP contribution in [-0.4, -0.2) is 26.9 Å². The van der Waals surface area contributed by atoms with Gasteiger partial charge in [-0.1, -0.05) is 23.7 Å². The van der Waals surface area contributed by atoms with Crippen LogP contribution in [0.4, 0.5) is 0 Å². The second-order valence-corrected chi connectivity index (χ2v) is 5.07. The summed E-state index contributed by atoms with van der Waals surface area (Å²) in [6.45, 7) is 4.92. The van der Waals surface area contributed by atoms with Gasteiger partial charge in [-0.25, -0.2) is 0 Å². The Morgan fingerprint density at radius 1 is 1.53 bits per heavy atom. The lowest BCUT2D eigenvalue weighted by molar-refractivity contribution is 0.240. The Hall–Kier alpha value is -1.33. The third kappa shape index (κ3) is 2.82. The fourth-order valence-corrected chi connectivity index (χ4v) is 2.30. The summed E-state index contributed by atoms with van der Waals surface area (Å²) in [6, 6.07) is 2.05. The van der Waals surface area contributed by atoms with Crippen LogP contribution in [0.3, 0.4) is 0 Å². The number of hydrogen-bond acceptors (Lipinski definition) is 4. The molecule has 0 aromatic carbocycles. The molecular weight excluding hydrogens is 264 g/mol. The van der Waals surface area contributed by atoms with E-state index >= 15 is 0 Å². The Bertz CT molecular complexity index is 535. The maximum atomic E-state index is 6.31. The molecule has 0 spiro atoms. The van der Waals surface area contributed by atoms with Crippen LogP contribution in [0.15, 0.2) is 16.9 Å². The highest BCUT2D eigenvalue weighted by atomic mass is 35.5. The zero-order valence-electron chi connectivity index (χ0n) is 11.7. The summed E-state index contributed by atoms with van der Waals surface area (Å²) in [5.74, 6) is 0. The molecule has 5 nitrogen and oxygen atoms in total. The van der Waals surface area contributed by atoms with E-state index in [1.165, 1.54) is 0 Å². The van der Waals surface area contributed by atoms with Crippen LogP contribution in [0.1, 0.15) is 36.8 Å². The zero-order chi connectivity index (χ0) is 14.0. The second-order valence-electron chi connectivity index (χ2n) is 4.71. The molecule has 0 aliphatic rings. The van der Waals surface area contributed by atoms with Crippen molar-refractivity contribution >= 4 is 11.6 Å². The molecule has 19 heavy (non-hydrogen) atoms. The summed E-state index contributed by atoms with van der Waals surface area (Å²) in [7, 11) is 3.91. The van der Waals surface area contributed by atoms with Crippen molar-refractivity contribution < 1.29 is 4.52 Å². The number of rotatable bonds is 5. The number of hydrogen-bond donors (Lipinski definition) is 0. The third-order valence-electron chi connectivity index (χ3n) is 3.44. The van der Waals surface area contributed by atoms with Crippen LogP contribution < -0.4 is 0 Å². The highest BCUT2D eigenvalue weighted by molar-refractivity contribution is 6.30. The Morgan fingerprint density at radius 2 is 2.26 bits per heavy atom. The average Bonchev–Trinajstić information content (AvgIpc) is 3.01. The normalized spacial score (nSPS) is 13.2. The average molecular weight is 283 g/mol. The molecule has 0 N–H and O–H groups in total. The summed E-state index contributed by atoms with van der Waals surface area (Å²) in [6.07, 6.45) is 2.47. The highest BCUT2D eigenvalue weighted by Gasteiger charge is 2.19. The summed E-state index contributed by atoms with van der Waals surface area (Å²) >= 11 is 6.31. The van der Waals surface area contributed by atoms with Crippen molar-refractivity contribution in [2.45, 2.75) is 32.9 Å². The van der Waals surface area contributed by atoms with Gasteiger partial charge in [0.15, 0.2) is 0 Å². The molecule has 0 fully saturated rings. The van der Waals surface area contributed by atoms with Crippen LogP contribution in [0.2, 0.25) is 5.15 Å². The van der Waals surface area contributed by atoms with Crippen molar-refractivity contribution in [3.05, 3.63) is 34.4 Å². The van der Waals surface area contributed by atoms with E-state index in [1.54, 1.807) is 10.9 Å². The molecule has 0 unspecified atom stereocenters. The van der Waals surface area contributed by atoms with Gasteiger partial charge in [0.25, 0.3) is 0 Å². The highest BCUT2D eigenvalue weighted by Crippen LogP contribution is 2.25. The van der Waals surface area contributed by atoms with E-state index < -0.39 is 0 Å². The SMILES string of the molecule is CCc1nn(C)c(Cl)c1CN(C)[C@H](C)c1ccon1. The first-order valence-electron chi connectivity index (χ1n) is 6.35. The summed E-state index contributed by atoms with van der Waals surface area (Å²) in [5, 5.41) is 9.11. The van der Waals surface area contributed by atoms with Crippen molar-refractivity contribution in [1.29, 1.82) is 0 Å². The van der Waals surface area contributed by atoms with Crippen LogP contribution in [-0.2, 0) is 20.0 Å². The molecule has 0 saturated heterocycles. The quantitative estimate of drug-likeness (QED) is 0.846. The van der Waals surface area contributed by atoms with Gasteiger partial charge in [-0.3, -0.25) is 9.58 Å². The topological polar surface area (TPSA) is 47.1 Å². The van der Waals surface area contributed by atoms with Gasteiger partial charge in [-0.15, -0.1) is 0 Å². The minimum atomic E-state index is 0.166. The van der Waals surface area contributed by atoms with E-state index in [0.29, 0.717) is 5.15 Å². The fourth-order valence-electron chi connectivity index (χ4n) is 2.09. The van der Waals surface area contributed by atoms with Gasteiger partial charge in [0.05, 0.1) is 11.7 Å². The zero-order valence-corrected chi connectivity index (χ0v) is 12.5. The Kier molecular flexibility index (Phi) is 4.27. The molecule has 0 bridgehead atoms. The van der Waals surface area contributed by atoms with Gasteiger partial charge < -0.3 is 4.52 Å². The molecule has 0 saturated carbocycles. The predicted octanol–water partition coefficient (Wildman–Crippen LogP) is 2.82. The molecule has 2 aromatic heterocycles. The Labute approximate surface area is 118 Å². The number of nitrogens with zero attached hydrogens (tertiary/aromatic N) is 4. The molecule has 104 valence electrons. The summed E-state index contributed by atoms with van der Waals surface area (Å²) in [4.78, 5) is 2.18. The van der Waals surface area contributed by atoms with E-state index in [9.17, 15) is 0 Å². The monoisotopic (exact) mass is 282 g/mol. The van der Waals surface area contributed by atoms with Crippen molar-refractivity contribution in [3.63, 3.8) is 0 Å². The number of halogens is 1.